The van der Waals surface area contributed by atoms with Gasteiger partial charge in [-0.2, -0.15) is 5.10 Å². The van der Waals surface area contributed by atoms with Crippen LogP contribution in [0.3, 0.4) is 0 Å². The van der Waals surface area contributed by atoms with Gasteiger partial charge in [-0.3, -0.25) is 9.10 Å². The van der Waals surface area contributed by atoms with Crippen LogP contribution in [-0.2, 0) is 16.8 Å². The summed E-state index contributed by atoms with van der Waals surface area (Å²) in [6, 6.07) is 13.3. The Morgan fingerprint density at radius 3 is 2.67 bits per heavy atom. The number of aryl methyl sites for hydroxylation is 1. The largest absolute Gasteiger partial charge is 0.470 e. The number of anilines is 1. The number of halogens is 1. The van der Waals surface area contributed by atoms with E-state index in [1.807, 2.05) is 17.6 Å². The molecule has 5 heterocycles. The molecule has 0 fully saturated rings. The van der Waals surface area contributed by atoms with Crippen molar-refractivity contribution in [1.82, 2.24) is 24.6 Å². The number of nitrogens with zero attached hydrogens (tertiary/aromatic N) is 5. The lowest BCUT2D eigenvalue weighted by Gasteiger charge is -2.23. The van der Waals surface area contributed by atoms with Crippen molar-refractivity contribution in [2.24, 2.45) is 0 Å². The fourth-order valence-electron chi connectivity index (χ4n) is 5.41. The molecule has 0 bridgehead atoms. The van der Waals surface area contributed by atoms with Crippen LogP contribution in [-0.4, -0.2) is 54.0 Å². The van der Waals surface area contributed by atoms with E-state index in [9.17, 15) is 17.6 Å². The van der Waals surface area contributed by atoms with E-state index in [1.165, 1.54) is 24.8 Å². The van der Waals surface area contributed by atoms with E-state index in [4.69, 9.17) is 14.1 Å². The number of furan rings is 1. The molecule has 1 amide bonds. The van der Waals surface area contributed by atoms with Gasteiger partial charge in [0.25, 0.3) is 5.91 Å². The quantitative estimate of drug-likeness (QED) is 0.300. The summed E-state index contributed by atoms with van der Waals surface area (Å²) < 4.78 is 56.7. The maximum Gasteiger partial charge on any atom is 0.257 e. The minimum Gasteiger partial charge on any atom is -0.470 e. The maximum absolute atomic E-state index is 14.7. The Labute approximate surface area is 245 Å². The van der Waals surface area contributed by atoms with Crippen LogP contribution in [0.25, 0.3) is 50.4 Å². The summed E-state index contributed by atoms with van der Waals surface area (Å²) >= 11 is 0. The molecule has 0 spiro atoms. The highest BCUT2D eigenvalue weighted by molar-refractivity contribution is 7.92. The molecule has 0 atom stereocenters. The van der Waals surface area contributed by atoms with Crippen LogP contribution in [0.4, 0.5) is 10.1 Å². The van der Waals surface area contributed by atoms with Crippen LogP contribution >= 0.6 is 0 Å². The predicted molar refractivity (Wildman–Crippen MR) is 159 cm³/mol. The lowest BCUT2D eigenvalue weighted by Crippen LogP contribution is -2.25. The Kier molecular flexibility index (Phi) is 5.85. The highest BCUT2D eigenvalue weighted by Crippen LogP contribution is 2.42. The van der Waals surface area contributed by atoms with Crippen LogP contribution in [0.5, 0.6) is 5.75 Å². The molecule has 2 aromatic carbocycles. The number of carbonyl (C=O) groups is 1. The van der Waals surface area contributed by atoms with Gasteiger partial charge in [-0.15, -0.1) is 0 Å². The number of carbonyl (C=O) groups excluding carboxylic acids is 1. The molecule has 1 aliphatic heterocycles. The fourth-order valence-corrected chi connectivity index (χ4v) is 5.92. The zero-order chi connectivity index (χ0) is 30.2. The minimum atomic E-state index is -3.72. The third-order valence-corrected chi connectivity index (χ3v) is 8.81. The number of hydrogen-bond donors (Lipinski definition) is 1. The van der Waals surface area contributed by atoms with E-state index in [0.717, 1.165) is 16.1 Å². The Balaban J connectivity index is 1.50. The average molecular weight is 601 g/mol. The zero-order valence-electron chi connectivity index (χ0n) is 23.5. The van der Waals surface area contributed by atoms with Gasteiger partial charge in [0.2, 0.25) is 15.9 Å². The average Bonchev–Trinajstić information content (AvgIpc) is 3.70. The summed E-state index contributed by atoms with van der Waals surface area (Å²) in [5.74, 6) is -0.0740. The molecule has 43 heavy (non-hydrogen) atoms. The van der Waals surface area contributed by atoms with Gasteiger partial charge < -0.3 is 19.0 Å². The second kappa shape index (κ2) is 9.42. The molecule has 0 aliphatic carbocycles. The second-order valence-corrected chi connectivity index (χ2v) is 12.4. The Hall–Kier alpha value is -5.17. The smallest absolute Gasteiger partial charge is 0.257 e. The summed E-state index contributed by atoms with van der Waals surface area (Å²) in [7, 11) is -0.774. The maximum atomic E-state index is 14.7. The van der Waals surface area contributed by atoms with Crippen molar-refractivity contribution in [2.45, 2.75) is 13.7 Å². The number of fused-ring (bicyclic) bond motifs is 6. The van der Waals surface area contributed by atoms with Gasteiger partial charge in [0, 0.05) is 42.7 Å². The van der Waals surface area contributed by atoms with Gasteiger partial charge >= 0.3 is 0 Å². The van der Waals surface area contributed by atoms with E-state index in [0.29, 0.717) is 44.7 Å². The van der Waals surface area contributed by atoms with E-state index >= 15 is 0 Å². The third-order valence-electron chi connectivity index (χ3n) is 7.62. The molecule has 1 N–H and O–H groups in total. The third kappa shape index (κ3) is 4.14. The molecule has 11 nitrogen and oxygen atoms in total. The number of hydrogen-bond acceptors (Lipinski definition) is 7. The topological polar surface area (TPSA) is 124 Å². The number of nitrogens with one attached hydrogen (secondary N) is 1. The van der Waals surface area contributed by atoms with Crippen LogP contribution in [0.1, 0.15) is 15.9 Å². The lowest BCUT2D eigenvalue weighted by atomic mass is 10.0. The van der Waals surface area contributed by atoms with E-state index in [1.54, 1.807) is 48.8 Å². The summed E-state index contributed by atoms with van der Waals surface area (Å²) in [6.45, 7) is 2.05. The molecule has 0 radical (unpaired) electrons. The second-order valence-electron chi connectivity index (χ2n) is 10.4. The molecule has 6 aromatic rings. The molecular weight excluding hydrogens is 575 g/mol. The number of ether oxygens (including phenoxy) is 1. The number of benzene rings is 2. The first-order valence-electron chi connectivity index (χ1n) is 13.3. The van der Waals surface area contributed by atoms with Gasteiger partial charge in [0.05, 0.1) is 35.0 Å². The highest BCUT2D eigenvalue weighted by atomic mass is 32.2. The molecule has 0 unspecified atom stereocenters. The van der Waals surface area contributed by atoms with E-state index < -0.39 is 15.9 Å². The molecule has 0 saturated heterocycles. The zero-order valence-corrected chi connectivity index (χ0v) is 24.4. The van der Waals surface area contributed by atoms with Crippen molar-refractivity contribution in [1.29, 1.82) is 0 Å². The molecule has 13 heteroatoms. The summed E-state index contributed by atoms with van der Waals surface area (Å²) in [6.07, 6.45) is 4.46. The molecular formula is C30H25FN6O5S. The van der Waals surface area contributed by atoms with Crippen molar-refractivity contribution in [3.8, 4) is 34.3 Å². The summed E-state index contributed by atoms with van der Waals surface area (Å²) in [4.78, 5) is 18.1. The normalized spacial score (nSPS) is 12.7. The fraction of sp³-hybridized carbons (Fsp3) is 0.167. The molecule has 7 rings (SSSR count). The van der Waals surface area contributed by atoms with Crippen LogP contribution in [0.15, 0.2) is 65.3 Å². The first-order chi connectivity index (χ1) is 20.5. The summed E-state index contributed by atoms with van der Waals surface area (Å²) in [5.41, 5.74) is 4.30. The van der Waals surface area contributed by atoms with Crippen molar-refractivity contribution in [3.05, 3.63) is 77.9 Å². The first kappa shape index (κ1) is 26.7. The van der Waals surface area contributed by atoms with Gasteiger partial charge in [0.15, 0.2) is 6.73 Å². The SMILES string of the molecule is CNC(=O)c1c(-n2cc(C)cn2)oc2cc(N(C)S(C)(=O)=O)c(-c3ccc4c(n3)-c3cc5c(F)cccc5n3CO4)cc12. The van der Waals surface area contributed by atoms with Crippen molar-refractivity contribution in [3.63, 3.8) is 0 Å². The van der Waals surface area contributed by atoms with E-state index in [-0.39, 0.29) is 35.3 Å². The molecule has 1 aliphatic rings. The van der Waals surface area contributed by atoms with Gasteiger partial charge in [-0.25, -0.2) is 22.5 Å². The number of amides is 1. The van der Waals surface area contributed by atoms with Crippen molar-refractivity contribution in [2.75, 3.05) is 24.7 Å². The Bertz CT molecular complexity index is 2230. The minimum absolute atomic E-state index is 0.185. The predicted octanol–water partition coefficient (Wildman–Crippen LogP) is 4.86. The summed E-state index contributed by atoms with van der Waals surface area (Å²) in [5, 5.41) is 7.85. The van der Waals surface area contributed by atoms with Crippen molar-refractivity contribution >= 4 is 43.5 Å². The first-order valence-corrected chi connectivity index (χ1v) is 15.1. The van der Waals surface area contributed by atoms with Crippen molar-refractivity contribution < 1.29 is 26.8 Å². The monoisotopic (exact) mass is 600 g/mol. The van der Waals surface area contributed by atoms with Gasteiger partial charge in [-0.05, 0) is 48.9 Å². The number of aromatic nitrogens is 4. The van der Waals surface area contributed by atoms with E-state index in [2.05, 4.69) is 10.4 Å². The van der Waals surface area contributed by atoms with Crippen LogP contribution in [0, 0.1) is 12.7 Å². The molecule has 4 aromatic heterocycles. The highest BCUT2D eigenvalue weighted by Gasteiger charge is 2.28. The Morgan fingerprint density at radius 2 is 1.95 bits per heavy atom. The van der Waals surface area contributed by atoms with Crippen LogP contribution in [0.2, 0.25) is 0 Å². The number of rotatable bonds is 5. The standard InChI is InChI=1S/C30H25FN6O5S/c1-16-13-33-37(14-16)30-27(29(38)32-2)19-10-18(23(12-26(19)42-30)35(3)43(4,39)40)21-8-9-25-28(34-21)24-11-17-20(31)6-5-7-22(17)36(24)15-41-25/h5-14H,15H2,1-4H3,(H,32,38). The molecule has 218 valence electrons. The van der Waals surface area contributed by atoms with Gasteiger partial charge in [-0.1, -0.05) is 6.07 Å². The number of pyridine rings is 1. The Morgan fingerprint density at radius 1 is 1.14 bits per heavy atom. The van der Waals surface area contributed by atoms with Gasteiger partial charge in [0.1, 0.15) is 28.4 Å². The number of sulfonamides is 1. The molecule has 0 saturated carbocycles. The lowest BCUT2D eigenvalue weighted by molar-refractivity contribution is 0.0963. The van der Waals surface area contributed by atoms with Crippen LogP contribution < -0.4 is 14.4 Å².